The second-order valence-electron chi connectivity index (χ2n) is 3.61. The zero-order valence-electron chi connectivity index (χ0n) is 9.30. The highest BCUT2D eigenvalue weighted by Gasteiger charge is 2.18. The van der Waals surface area contributed by atoms with Crippen molar-refractivity contribution >= 4 is 34.8 Å². The van der Waals surface area contributed by atoms with E-state index in [0.717, 1.165) is 0 Å². The maximum absolute atomic E-state index is 12.3. The average Bonchev–Trinajstić information content (AvgIpc) is 2.46. The van der Waals surface area contributed by atoms with Gasteiger partial charge in [-0.3, -0.25) is 4.79 Å². The van der Waals surface area contributed by atoms with Gasteiger partial charge in [0.05, 0.1) is 5.56 Å². The normalized spacial score (nSPS) is 9.83. The molecule has 2 aromatic carbocycles. The molecule has 0 aliphatic carbocycles. The van der Waals surface area contributed by atoms with Gasteiger partial charge in [-0.15, -0.1) is 0 Å². The monoisotopic (exact) mass is 352 g/mol. The van der Waals surface area contributed by atoms with Gasteiger partial charge in [0.25, 0.3) is 0 Å². The van der Waals surface area contributed by atoms with Gasteiger partial charge in [-0.05, 0) is 6.07 Å². The number of benzene rings is 2. The van der Waals surface area contributed by atoms with E-state index in [9.17, 15) is 9.59 Å². The van der Waals surface area contributed by atoms with E-state index < -0.39 is 5.97 Å². The fourth-order valence-corrected chi connectivity index (χ4v) is 1.88. The van der Waals surface area contributed by atoms with Gasteiger partial charge < -0.3 is 3.07 Å². The van der Waals surface area contributed by atoms with E-state index in [4.69, 9.17) is 0 Å². The predicted molar refractivity (Wildman–Crippen MR) is 75.8 cm³/mol. The molecule has 0 heterocycles. The van der Waals surface area contributed by atoms with Crippen molar-refractivity contribution in [2.75, 3.05) is 0 Å². The van der Waals surface area contributed by atoms with Crippen LogP contribution in [0.2, 0.25) is 0 Å². The Hall–Kier alpha value is -1.69. The fraction of sp³-hybridized carbons (Fsp3) is 0. The Balaban J connectivity index is 2.46. The second-order valence-corrected chi connectivity index (χ2v) is 4.05. The van der Waals surface area contributed by atoms with E-state index in [2.05, 4.69) is 3.07 Å². The number of halogens is 1. The Morgan fingerprint density at radius 1 is 0.833 bits per heavy atom. The van der Waals surface area contributed by atoms with Crippen LogP contribution in [0.5, 0.6) is 0 Å². The van der Waals surface area contributed by atoms with E-state index in [1.54, 1.807) is 48.5 Å². The molecule has 18 heavy (non-hydrogen) atoms. The highest BCUT2D eigenvalue weighted by molar-refractivity contribution is 14.1. The lowest BCUT2D eigenvalue weighted by atomic mass is 9.98. The molecule has 0 fully saturated rings. The first-order valence-corrected chi connectivity index (χ1v) is 6.14. The first-order valence-electron chi connectivity index (χ1n) is 5.25. The molecule has 0 radical (unpaired) electrons. The summed E-state index contributed by atoms with van der Waals surface area (Å²) in [6, 6.07) is 15.5. The van der Waals surface area contributed by atoms with Crippen molar-refractivity contribution in [1.29, 1.82) is 0 Å². The molecule has 2 rings (SSSR count). The van der Waals surface area contributed by atoms with Gasteiger partial charge in [0.2, 0.25) is 0 Å². The quantitative estimate of drug-likeness (QED) is 0.628. The van der Waals surface area contributed by atoms with Crippen molar-refractivity contribution < 1.29 is 12.7 Å². The largest absolute Gasteiger partial charge is 0.391 e. The van der Waals surface area contributed by atoms with Crippen LogP contribution in [-0.2, 0) is 3.07 Å². The molecule has 0 aromatic heterocycles. The molecule has 0 atom stereocenters. The molecule has 0 unspecified atom stereocenters. The Bertz CT molecular complexity index is 579. The smallest absolute Gasteiger partial charge is 0.348 e. The fourth-order valence-electron chi connectivity index (χ4n) is 1.65. The number of hydrogen-bond donors (Lipinski definition) is 0. The molecule has 0 N–H and O–H groups in total. The second kappa shape index (κ2) is 5.77. The summed E-state index contributed by atoms with van der Waals surface area (Å²) in [5, 5.41) is 0. The number of hydrogen-bond acceptors (Lipinski definition) is 3. The summed E-state index contributed by atoms with van der Waals surface area (Å²) in [5.74, 6) is -0.705. The molecular formula is C14H9IO3. The summed E-state index contributed by atoms with van der Waals surface area (Å²) in [6.45, 7) is 0. The molecular weight excluding hydrogens is 343 g/mol. The summed E-state index contributed by atoms with van der Waals surface area (Å²) < 4.78 is 4.64. The topological polar surface area (TPSA) is 43.4 Å². The first-order chi connectivity index (χ1) is 8.74. The zero-order valence-corrected chi connectivity index (χ0v) is 11.5. The van der Waals surface area contributed by atoms with Gasteiger partial charge in [0.15, 0.2) is 28.8 Å². The van der Waals surface area contributed by atoms with Crippen LogP contribution in [0.4, 0.5) is 0 Å². The van der Waals surface area contributed by atoms with Gasteiger partial charge in [0.1, 0.15) is 0 Å². The summed E-state index contributed by atoms with van der Waals surface area (Å²) in [7, 11) is 0. The lowest BCUT2D eigenvalue weighted by molar-refractivity contribution is 0.0795. The van der Waals surface area contributed by atoms with Crippen molar-refractivity contribution in [2.24, 2.45) is 0 Å². The lowest BCUT2D eigenvalue weighted by Gasteiger charge is -2.05. The molecule has 4 heteroatoms. The number of carbonyl (C=O) groups excluding carboxylic acids is 2. The van der Waals surface area contributed by atoms with Crippen LogP contribution in [0.25, 0.3) is 0 Å². The minimum Gasteiger partial charge on any atom is -0.391 e. The molecule has 0 aliphatic rings. The summed E-state index contributed by atoms with van der Waals surface area (Å²) in [6.07, 6.45) is 0. The lowest BCUT2D eigenvalue weighted by Crippen LogP contribution is -2.09. The number of ketones is 1. The van der Waals surface area contributed by atoms with Gasteiger partial charge in [0, 0.05) is 11.1 Å². The summed E-state index contributed by atoms with van der Waals surface area (Å²) >= 11 is 1.51. The van der Waals surface area contributed by atoms with Crippen LogP contribution in [0.15, 0.2) is 54.6 Å². The van der Waals surface area contributed by atoms with E-state index in [1.165, 1.54) is 23.0 Å². The van der Waals surface area contributed by atoms with Crippen LogP contribution in [0.3, 0.4) is 0 Å². The molecule has 90 valence electrons. The van der Waals surface area contributed by atoms with Gasteiger partial charge in [-0.25, -0.2) is 4.79 Å². The Morgan fingerprint density at radius 2 is 1.39 bits per heavy atom. The van der Waals surface area contributed by atoms with Crippen LogP contribution < -0.4 is 0 Å². The van der Waals surface area contributed by atoms with E-state index >= 15 is 0 Å². The van der Waals surface area contributed by atoms with Crippen LogP contribution in [-0.4, -0.2) is 11.8 Å². The summed E-state index contributed by atoms with van der Waals surface area (Å²) in [5.41, 5.74) is 1.18. The van der Waals surface area contributed by atoms with Crippen molar-refractivity contribution in [3.05, 3.63) is 71.3 Å². The Morgan fingerprint density at radius 3 is 2.00 bits per heavy atom. The minimum atomic E-state index is -0.518. The van der Waals surface area contributed by atoms with Crippen LogP contribution in [0.1, 0.15) is 26.3 Å². The van der Waals surface area contributed by atoms with Gasteiger partial charge in [-0.1, -0.05) is 48.5 Å². The van der Waals surface area contributed by atoms with Crippen molar-refractivity contribution in [3.63, 3.8) is 0 Å². The molecule has 0 amide bonds. The number of carbonyl (C=O) groups is 2. The Labute approximate surface area is 118 Å². The molecule has 0 saturated carbocycles. The van der Waals surface area contributed by atoms with Crippen LogP contribution >= 0.6 is 23.0 Å². The molecule has 0 saturated heterocycles. The first kappa shape index (κ1) is 12.8. The van der Waals surface area contributed by atoms with E-state index in [1.807, 2.05) is 6.07 Å². The zero-order chi connectivity index (χ0) is 13.0. The third kappa shape index (κ3) is 2.59. The maximum Gasteiger partial charge on any atom is 0.348 e. The van der Waals surface area contributed by atoms with E-state index in [0.29, 0.717) is 11.1 Å². The number of rotatable bonds is 3. The predicted octanol–water partition coefficient (Wildman–Crippen LogP) is 3.42. The highest BCUT2D eigenvalue weighted by atomic mass is 127. The van der Waals surface area contributed by atoms with Crippen LogP contribution in [0, 0.1) is 0 Å². The third-order valence-electron chi connectivity index (χ3n) is 2.50. The standard InChI is InChI=1S/C14H9IO3/c15-18-14(17)12-9-5-4-8-11(12)13(16)10-6-2-1-3-7-10/h1-9H. The van der Waals surface area contributed by atoms with Crippen molar-refractivity contribution in [2.45, 2.75) is 0 Å². The maximum atomic E-state index is 12.3. The molecule has 2 aromatic rings. The molecule has 3 nitrogen and oxygen atoms in total. The molecule has 0 aliphatic heterocycles. The Kier molecular flexibility index (Phi) is 4.09. The van der Waals surface area contributed by atoms with E-state index in [-0.39, 0.29) is 11.3 Å². The average molecular weight is 352 g/mol. The summed E-state index contributed by atoms with van der Waals surface area (Å²) in [4.78, 5) is 23.9. The third-order valence-corrected chi connectivity index (χ3v) is 2.90. The minimum absolute atomic E-state index is 0.187. The molecule has 0 spiro atoms. The van der Waals surface area contributed by atoms with Crippen molar-refractivity contribution in [3.8, 4) is 0 Å². The van der Waals surface area contributed by atoms with Gasteiger partial charge >= 0.3 is 5.97 Å². The van der Waals surface area contributed by atoms with Crippen molar-refractivity contribution in [1.82, 2.24) is 0 Å². The highest BCUT2D eigenvalue weighted by Crippen LogP contribution is 2.16. The molecule has 0 bridgehead atoms. The SMILES string of the molecule is O=C(OI)c1ccccc1C(=O)c1ccccc1. The van der Waals surface area contributed by atoms with Gasteiger partial charge in [-0.2, -0.15) is 0 Å².